The van der Waals surface area contributed by atoms with Crippen LogP contribution in [0, 0.1) is 0 Å². The summed E-state index contributed by atoms with van der Waals surface area (Å²) in [7, 11) is 0. The molecule has 0 aliphatic carbocycles. The van der Waals surface area contributed by atoms with Crippen LogP contribution in [-0.4, -0.2) is 40.3 Å². The van der Waals surface area contributed by atoms with Crippen molar-refractivity contribution in [2.75, 3.05) is 24.7 Å². The molecule has 1 fully saturated rings. The van der Waals surface area contributed by atoms with Gasteiger partial charge in [-0.1, -0.05) is 13.8 Å². The van der Waals surface area contributed by atoms with E-state index in [1.54, 1.807) is 0 Å². The standard InChI is InChI=1S/C10H18ClNOS/c1-10(2)4-6-12(7-8-14-10)9(13)3-5-11/h3-8H2,1-2H3. The van der Waals surface area contributed by atoms with Crippen LogP contribution in [-0.2, 0) is 4.79 Å². The van der Waals surface area contributed by atoms with Crippen LogP contribution < -0.4 is 0 Å². The molecule has 1 heterocycles. The van der Waals surface area contributed by atoms with Gasteiger partial charge in [0.05, 0.1) is 0 Å². The molecule has 0 spiro atoms. The van der Waals surface area contributed by atoms with Crippen LogP contribution in [0.25, 0.3) is 0 Å². The second-order valence-corrected chi connectivity index (χ2v) is 6.36. The molecular weight excluding hydrogens is 218 g/mol. The highest BCUT2D eigenvalue weighted by atomic mass is 35.5. The quantitative estimate of drug-likeness (QED) is 0.685. The number of rotatable bonds is 2. The second-order valence-electron chi connectivity index (χ2n) is 4.18. The van der Waals surface area contributed by atoms with Crippen molar-refractivity contribution in [1.29, 1.82) is 0 Å². The number of hydrogen-bond donors (Lipinski definition) is 0. The van der Waals surface area contributed by atoms with Crippen LogP contribution in [0.5, 0.6) is 0 Å². The van der Waals surface area contributed by atoms with Gasteiger partial charge in [-0.15, -0.1) is 11.6 Å². The fourth-order valence-corrected chi connectivity index (χ4v) is 2.77. The van der Waals surface area contributed by atoms with Gasteiger partial charge in [0.15, 0.2) is 0 Å². The van der Waals surface area contributed by atoms with E-state index in [-0.39, 0.29) is 5.91 Å². The van der Waals surface area contributed by atoms with Crippen LogP contribution in [0.2, 0.25) is 0 Å². The lowest BCUT2D eigenvalue weighted by Gasteiger charge is -2.22. The summed E-state index contributed by atoms with van der Waals surface area (Å²) in [6.07, 6.45) is 1.55. The van der Waals surface area contributed by atoms with Gasteiger partial charge in [-0.05, 0) is 6.42 Å². The Hall–Kier alpha value is 0.110. The van der Waals surface area contributed by atoms with Crippen LogP contribution in [0.3, 0.4) is 0 Å². The minimum Gasteiger partial charge on any atom is -0.342 e. The topological polar surface area (TPSA) is 20.3 Å². The fourth-order valence-electron chi connectivity index (χ4n) is 1.51. The number of halogens is 1. The molecule has 1 rings (SSSR count). The van der Waals surface area contributed by atoms with Gasteiger partial charge in [-0.3, -0.25) is 4.79 Å². The molecule has 1 aliphatic heterocycles. The Bertz CT molecular complexity index is 208. The van der Waals surface area contributed by atoms with Crippen LogP contribution in [0.4, 0.5) is 0 Å². The number of nitrogens with zero attached hydrogens (tertiary/aromatic N) is 1. The Morgan fingerprint density at radius 2 is 2.21 bits per heavy atom. The van der Waals surface area contributed by atoms with Crippen molar-refractivity contribution < 1.29 is 4.79 Å². The molecule has 0 saturated carbocycles. The van der Waals surface area contributed by atoms with Crippen LogP contribution in [0.15, 0.2) is 0 Å². The van der Waals surface area contributed by atoms with Gasteiger partial charge in [0.2, 0.25) is 5.91 Å². The van der Waals surface area contributed by atoms with Crippen molar-refractivity contribution in [3.05, 3.63) is 0 Å². The molecule has 82 valence electrons. The molecule has 0 atom stereocenters. The molecule has 4 heteroatoms. The van der Waals surface area contributed by atoms with E-state index < -0.39 is 0 Å². The Labute approximate surface area is 95.4 Å². The maximum atomic E-state index is 11.6. The first-order valence-electron chi connectivity index (χ1n) is 5.03. The average Bonchev–Trinajstić information content (AvgIpc) is 2.27. The van der Waals surface area contributed by atoms with Gasteiger partial charge in [-0.2, -0.15) is 11.8 Å². The van der Waals surface area contributed by atoms with Crippen molar-refractivity contribution in [2.45, 2.75) is 31.4 Å². The zero-order valence-corrected chi connectivity index (χ0v) is 10.5. The summed E-state index contributed by atoms with van der Waals surface area (Å²) < 4.78 is 0.315. The van der Waals surface area contributed by atoms with Crippen molar-refractivity contribution in [3.8, 4) is 0 Å². The molecule has 0 aromatic rings. The smallest absolute Gasteiger partial charge is 0.223 e. The van der Waals surface area contributed by atoms with Crippen molar-refractivity contribution in [1.82, 2.24) is 4.90 Å². The van der Waals surface area contributed by atoms with Gasteiger partial charge in [0, 0.05) is 35.9 Å². The normalized spacial score (nSPS) is 21.8. The summed E-state index contributed by atoms with van der Waals surface area (Å²) in [6.45, 7) is 6.25. The summed E-state index contributed by atoms with van der Waals surface area (Å²) in [5.41, 5.74) is 0. The Kier molecular flexibility index (Phi) is 4.58. The number of alkyl halides is 1. The minimum atomic E-state index is 0.207. The summed E-state index contributed by atoms with van der Waals surface area (Å²) in [6, 6.07) is 0. The van der Waals surface area contributed by atoms with Gasteiger partial charge in [-0.25, -0.2) is 0 Å². The van der Waals surface area contributed by atoms with E-state index in [4.69, 9.17) is 11.6 Å². The lowest BCUT2D eigenvalue weighted by Crippen LogP contribution is -2.33. The third-order valence-corrected chi connectivity index (χ3v) is 4.06. The Balaban J connectivity index is 2.45. The lowest BCUT2D eigenvalue weighted by molar-refractivity contribution is -0.130. The molecule has 0 radical (unpaired) electrons. The van der Waals surface area contributed by atoms with E-state index in [0.29, 0.717) is 17.0 Å². The molecule has 0 N–H and O–H groups in total. The fraction of sp³-hybridized carbons (Fsp3) is 0.900. The summed E-state index contributed by atoms with van der Waals surface area (Å²) in [4.78, 5) is 13.5. The molecule has 1 aliphatic rings. The highest BCUT2D eigenvalue weighted by Gasteiger charge is 2.25. The van der Waals surface area contributed by atoms with Crippen LogP contribution in [0.1, 0.15) is 26.7 Å². The molecule has 2 nitrogen and oxygen atoms in total. The molecule has 14 heavy (non-hydrogen) atoms. The highest BCUT2D eigenvalue weighted by Crippen LogP contribution is 2.30. The third-order valence-electron chi connectivity index (χ3n) is 2.50. The maximum absolute atomic E-state index is 11.6. The number of amides is 1. The average molecular weight is 236 g/mol. The number of carbonyl (C=O) groups excluding carboxylic acids is 1. The monoisotopic (exact) mass is 235 g/mol. The van der Waals surface area contributed by atoms with Gasteiger partial charge in [0.25, 0.3) is 0 Å². The molecule has 0 aromatic carbocycles. The SMILES string of the molecule is CC1(C)CCN(C(=O)CCCl)CCS1. The number of carbonyl (C=O) groups is 1. The largest absolute Gasteiger partial charge is 0.342 e. The van der Waals surface area contributed by atoms with E-state index in [1.807, 2.05) is 16.7 Å². The Morgan fingerprint density at radius 1 is 1.50 bits per heavy atom. The molecule has 1 amide bonds. The van der Waals surface area contributed by atoms with E-state index in [9.17, 15) is 4.79 Å². The molecule has 0 bridgehead atoms. The minimum absolute atomic E-state index is 0.207. The zero-order valence-electron chi connectivity index (χ0n) is 8.88. The first-order chi connectivity index (χ1) is 6.55. The molecule has 1 saturated heterocycles. The van der Waals surface area contributed by atoms with E-state index >= 15 is 0 Å². The summed E-state index contributed by atoms with van der Waals surface area (Å²) >= 11 is 7.51. The van der Waals surface area contributed by atoms with E-state index in [1.165, 1.54) is 0 Å². The van der Waals surface area contributed by atoms with Gasteiger partial charge < -0.3 is 4.90 Å². The zero-order chi connectivity index (χ0) is 10.6. The van der Waals surface area contributed by atoms with Crippen molar-refractivity contribution in [2.24, 2.45) is 0 Å². The second kappa shape index (κ2) is 5.26. The number of thioether (sulfide) groups is 1. The third kappa shape index (κ3) is 3.70. The highest BCUT2D eigenvalue weighted by molar-refractivity contribution is 8.00. The molecule has 0 aromatic heterocycles. The van der Waals surface area contributed by atoms with E-state index in [0.717, 1.165) is 25.3 Å². The van der Waals surface area contributed by atoms with E-state index in [2.05, 4.69) is 13.8 Å². The first kappa shape index (κ1) is 12.2. The Morgan fingerprint density at radius 3 is 2.86 bits per heavy atom. The predicted octanol–water partition coefficient (Wildman–Crippen LogP) is 2.36. The van der Waals surface area contributed by atoms with Crippen LogP contribution >= 0.6 is 23.4 Å². The predicted molar refractivity (Wildman–Crippen MR) is 63.1 cm³/mol. The van der Waals surface area contributed by atoms with Gasteiger partial charge in [0.1, 0.15) is 0 Å². The summed E-state index contributed by atoms with van der Waals surface area (Å²) in [5, 5.41) is 0. The molecular formula is C10H18ClNOS. The van der Waals surface area contributed by atoms with Gasteiger partial charge >= 0.3 is 0 Å². The summed E-state index contributed by atoms with van der Waals surface area (Å²) in [5.74, 6) is 1.69. The number of hydrogen-bond acceptors (Lipinski definition) is 2. The van der Waals surface area contributed by atoms with Crippen molar-refractivity contribution >= 4 is 29.3 Å². The first-order valence-corrected chi connectivity index (χ1v) is 6.55. The van der Waals surface area contributed by atoms with Crippen molar-refractivity contribution in [3.63, 3.8) is 0 Å². The molecule has 0 unspecified atom stereocenters. The lowest BCUT2D eigenvalue weighted by atomic mass is 10.1. The maximum Gasteiger partial charge on any atom is 0.223 e.